The van der Waals surface area contributed by atoms with Crippen molar-refractivity contribution in [1.82, 2.24) is 5.32 Å². The first-order chi connectivity index (χ1) is 5.97. The average molecular weight is 185 g/mol. The summed E-state index contributed by atoms with van der Waals surface area (Å²) in [5, 5.41) is 13.3. The van der Waals surface area contributed by atoms with Gasteiger partial charge in [0.25, 0.3) is 0 Å². The van der Waals surface area contributed by atoms with E-state index < -0.39 is 5.60 Å². The Morgan fingerprint density at radius 2 is 2.15 bits per heavy atom. The molecule has 0 aromatic carbocycles. The van der Waals surface area contributed by atoms with Crippen LogP contribution in [0.5, 0.6) is 0 Å². The lowest BCUT2D eigenvalue weighted by atomic mass is 9.71. The van der Waals surface area contributed by atoms with Gasteiger partial charge in [-0.15, -0.1) is 0 Å². The van der Waals surface area contributed by atoms with Crippen LogP contribution >= 0.6 is 0 Å². The Balaban J connectivity index is 2.57. The number of hydrogen-bond donors (Lipinski definition) is 2. The number of piperidine rings is 1. The molecule has 13 heavy (non-hydrogen) atoms. The van der Waals surface area contributed by atoms with Crippen LogP contribution in [0.15, 0.2) is 0 Å². The van der Waals surface area contributed by atoms with Gasteiger partial charge in [0.15, 0.2) is 0 Å². The highest BCUT2D eigenvalue weighted by Crippen LogP contribution is 2.37. The largest absolute Gasteiger partial charge is 0.390 e. The van der Waals surface area contributed by atoms with Gasteiger partial charge in [-0.3, -0.25) is 0 Å². The maximum Gasteiger partial charge on any atom is 0.0597 e. The monoisotopic (exact) mass is 185 g/mol. The topological polar surface area (TPSA) is 32.3 Å². The Morgan fingerprint density at radius 1 is 1.46 bits per heavy atom. The van der Waals surface area contributed by atoms with Crippen LogP contribution in [-0.2, 0) is 0 Å². The van der Waals surface area contributed by atoms with E-state index >= 15 is 0 Å². The first-order valence-corrected chi connectivity index (χ1v) is 5.41. The van der Waals surface area contributed by atoms with Gasteiger partial charge < -0.3 is 10.4 Å². The van der Waals surface area contributed by atoms with Crippen molar-refractivity contribution in [3.8, 4) is 0 Å². The quantitative estimate of drug-likeness (QED) is 0.704. The molecule has 0 aromatic rings. The predicted octanol–water partition coefficient (Wildman–Crippen LogP) is 1.93. The molecule has 1 atom stereocenters. The van der Waals surface area contributed by atoms with Crippen molar-refractivity contribution in [2.75, 3.05) is 13.1 Å². The minimum atomic E-state index is -0.519. The molecule has 1 heterocycles. The van der Waals surface area contributed by atoms with Crippen molar-refractivity contribution in [1.29, 1.82) is 0 Å². The molecule has 1 saturated heterocycles. The van der Waals surface area contributed by atoms with Crippen LogP contribution < -0.4 is 5.32 Å². The van der Waals surface area contributed by atoms with Gasteiger partial charge in [0.05, 0.1) is 5.60 Å². The van der Waals surface area contributed by atoms with E-state index in [0.29, 0.717) is 5.41 Å². The maximum atomic E-state index is 9.84. The summed E-state index contributed by atoms with van der Waals surface area (Å²) in [6.07, 6.45) is 4.61. The molecular weight excluding hydrogens is 162 g/mol. The fourth-order valence-corrected chi connectivity index (χ4v) is 2.53. The van der Waals surface area contributed by atoms with E-state index in [1.165, 1.54) is 19.3 Å². The number of hydrogen-bond acceptors (Lipinski definition) is 2. The van der Waals surface area contributed by atoms with Crippen LogP contribution in [-0.4, -0.2) is 23.8 Å². The molecule has 0 spiro atoms. The third-order valence-corrected chi connectivity index (χ3v) is 3.12. The van der Waals surface area contributed by atoms with Crippen LogP contribution in [0.4, 0.5) is 0 Å². The van der Waals surface area contributed by atoms with Crippen LogP contribution in [0, 0.1) is 5.41 Å². The van der Waals surface area contributed by atoms with Gasteiger partial charge in [0.1, 0.15) is 0 Å². The van der Waals surface area contributed by atoms with E-state index in [4.69, 9.17) is 0 Å². The summed E-state index contributed by atoms with van der Waals surface area (Å²) in [4.78, 5) is 0. The molecule has 2 heteroatoms. The van der Waals surface area contributed by atoms with Gasteiger partial charge in [-0.2, -0.15) is 0 Å². The Morgan fingerprint density at radius 3 is 2.54 bits per heavy atom. The van der Waals surface area contributed by atoms with Gasteiger partial charge in [-0.1, -0.05) is 6.92 Å². The molecule has 0 bridgehead atoms. The highest BCUT2D eigenvalue weighted by atomic mass is 16.3. The molecule has 0 aromatic heterocycles. The van der Waals surface area contributed by atoms with E-state index in [1.807, 2.05) is 13.8 Å². The second-order valence-electron chi connectivity index (χ2n) is 5.12. The highest BCUT2D eigenvalue weighted by molar-refractivity contribution is 4.89. The van der Waals surface area contributed by atoms with Gasteiger partial charge in [-0.05, 0) is 51.5 Å². The van der Waals surface area contributed by atoms with Crippen molar-refractivity contribution in [3.63, 3.8) is 0 Å². The second-order valence-corrected chi connectivity index (χ2v) is 5.12. The van der Waals surface area contributed by atoms with Crippen molar-refractivity contribution < 1.29 is 5.11 Å². The lowest BCUT2D eigenvalue weighted by Crippen LogP contribution is -2.43. The summed E-state index contributed by atoms with van der Waals surface area (Å²) in [6, 6.07) is 0. The Hall–Kier alpha value is -0.0800. The summed E-state index contributed by atoms with van der Waals surface area (Å²) in [5.41, 5.74) is -0.175. The van der Waals surface area contributed by atoms with Crippen molar-refractivity contribution in [3.05, 3.63) is 0 Å². The molecule has 0 amide bonds. The third kappa shape index (κ3) is 3.28. The first-order valence-electron chi connectivity index (χ1n) is 5.41. The molecule has 78 valence electrons. The SMILES string of the molecule is CCC1(CC(C)(C)O)CCCNC1. The van der Waals surface area contributed by atoms with Gasteiger partial charge in [0.2, 0.25) is 0 Å². The van der Waals surface area contributed by atoms with E-state index in [0.717, 1.165) is 19.5 Å². The fourth-order valence-electron chi connectivity index (χ4n) is 2.53. The highest BCUT2D eigenvalue weighted by Gasteiger charge is 2.34. The molecule has 1 fully saturated rings. The second kappa shape index (κ2) is 3.97. The van der Waals surface area contributed by atoms with Crippen molar-refractivity contribution >= 4 is 0 Å². The minimum absolute atomic E-state index is 0.344. The number of rotatable bonds is 3. The van der Waals surface area contributed by atoms with Crippen LogP contribution in [0.2, 0.25) is 0 Å². The molecule has 1 aliphatic heterocycles. The molecule has 0 radical (unpaired) electrons. The first kappa shape index (κ1) is 11.0. The van der Waals surface area contributed by atoms with Gasteiger partial charge >= 0.3 is 0 Å². The van der Waals surface area contributed by atoms with Crippen LogP contribution in [0.3, 0.4) is 0 Å². The van der Waals surface area contributed by atoms with Crippen molar-refractivity contribution in [2.45, 2.75) is 52.1 Å². The normalized spacial score (nSPS) is 30.5. The molecule has 2 N–H and O–H groups in total. The zero-order valence-corrected chi connectivity index (χ0v) is 9.19. The molecular formula is C11H23NO. The van der Waals surface area contributed by atoms with E-state index in [2.05, 4.69) is 12.2 Å². The van der Waals surface area contributed by atoms with E-state index in [9.17, 15) is 5.11 Å². The molecule has 0 aliphatic carbocycles. The summed E-state index contributed by atoms with van der Waals surface area (Å²) < 4.78 is 0. The zero-order valence-electron chi connectivity index (χ0n) is 9.19. The van der Waals surface area contributed by atoms with Crippen LogP contribution in [0.1, 0.15) is 46.5 Å². The summed E-state index contributed by atoms with van der Waals surface area (Å²) >= 11 is 0. The molecule has 2 nitrogen and oxygen atoms in total. The Kier molecular flexibility index (Phi) is 3.36. The molecule has 0 saturated carbocycles. The van der Waals surface area contributed by atoms with Gasteiger partial charge in [-0.25, -0.2) is 0 Å². The maximum absolute atomic E-state index is 9.84. The lowest BCUT2D eigenvalue weighted by molar-refractivity contribution is 0.00906. The fraction of sp³-hybridized carbons (Fsp3) is 1.00. The Bertz CT molecular complexity index is 154. The van der Waals surface area contributed by atoms with Gasteiger partial charge in [0, 0.05) is 6.54 Å². The third-order valence-electron chi connectivity index (χ3n) is 3.12. The zero-order chi connectivity index (χ0) is 9.95. The summed E-state index contributed by atoms with van der Waals surface area (Å²) in [7, 11) is 0. The number of aliphatic hydroxyl groups is 1. The number of nitrogens with one attached hydrogen (secondary N) is 1. The van der Waals surface area contributed by atoms with E-state index in [1.54, 1.807) is 0 Å². The molecule has 1 rings (SSSR count). The summed E-state index contributed by atoms with van der Waals surface area (Å²) in [6.45, 7) is 8.29. The summed E-state index contributed by atoms with van der Waals surface area (Å²) in [5.74, 6) is 0. The van der Waals surface area contributed by atoms with Crippen LogP contribution in [0.25, 0.3) is 0 Å². The van der Waals surface area contributed by atoms with Crippen molar-refractivity contribution in [2.24, 2.45) is 5.41 Å². The minimum Gasteiger partial charge on any atom is -0.390 e. The Labute approximate surface area is 81.7 Å². The smallest absolute Gasteiger partial charge is 0.0597 e. The predicted molar refractivity (Wildman–Crippen MR) is 55.7 cm³/mol. The van der Waals surface area contributed by atoms with E-state index in [-0.39, 0.29) is 0 Å². The molecule has 1 aliphatic rings. The lowest BCUT2D eigenvalue weighted by Gasteiger charge is -2.40. The molecule has 1 unspecified atom stereocenters. The standard InChI is InChI=1S/C11H23NO/c1-4-11(8-10(2,3)13)6-5-7-12-9-11/h12-13H,4-9H2,1-3H3. The average Bonchev–Trinajstić information content (AvgIpc) is 2.03.